The third-order valence-electron chi connectivity index (χ3n) is 5.77. The number of nitrogens with two attached hydrogens (primary N) is 1. The highest BCUT2D eigenvalue weighted by atomic mass is 32.2. The van der Waals surface area contributed by atoms with Crippen LogP contribution < -0.4 is 11.1 Å². The summed E-state index contributed by atoms with van der Waals surface area (Å²) in [5, 5.41) is 4.13. The van der Waals surface area contributed by atoms with E-state index in [1.54, 1.807) is 42.6 Å². The zero-order chi connectivity index (χ0) is 23.4. The maximum atomic E-state index is 13.4. The van der Waals surface area contributed by atoms with Crippen molar-refractivity contribution in [2.45, 2.75) is 24.7 Å². The molecule has 8 heteroatoms. The Morgan fingerprint density at radius 2 is 1.91 bits per heavy atom. The second-order valence-corrected chi connectivity index (χ2v) is 10.1. The molecule has 1 saturated heterocycles. The highest BCUT2D eigenvalue weighted by molar-refractivity contribution is 7.90. The van der Waals surface area contributed by atoms with Gasteiger partial charge in [-0.3, -0.25) is 4.99 Å². The van der Waals surface area contributed by atoms with Crippen LogP contribution in [0, 0.1) is 5.92 Å². The van der Waals surface area contributed by atoms with E-state index < -0.39 is 10.0 Å². The van der Waals surface area contributed by atoms with Crippen molar-refractivity contribution in [3.63, 3.8) is 0 Å². The zero-order valence-corrected chi connectivity index (χ0v) is 19.6. The minimum Gasteiger partial charge on any atom is -0.368 e. The normalized spacial score (nSPS) is 17.9. The van der Waals surface area contributed by atoms with E-state index in [0.29, 0.717) is 34.8 Å². The van der Waals surface area contributed by atoms with Crippen LogP contribution in [0.2, 0.25) is 0 Å². The highest BCUT2D eigenvalue weighted by Crippen LogP contribution is 2.28. The second-order valence-electron chi connectivity index (χ2n) is 8.33. The zero-order valence-electron chi connectivity index (χ0n) is 18.7. The van der Waals surface area contributed by atoms with Gasteiger partial charge in [-0.1, -0.05) is 43.0 Å². The van der Waals surface area contributed by atoms with Gasteiger partial charge in [0.2, 0.25) is 5.96 Å². The molecule has 2 heterocycles. The Morgan fingerprint density at radius 1 is 1.18 bits per heavy atom. The Bertz CT molecular complexity index is 1320. The van der Waals surface area contributed by atoms with Crippen LogP contribution in [0.15, 0.2) is 87.8 Å². The molecule has 3 N–H and O–H groups in total. The van der Waals surface area contributed by atoms with Crippen LogP contribution in [0.25, 0.3) is 10.9 Å². The van der Waals surface area contributed by atoms with Crippen molar-refractivity contribution >= 4 is 32.6 Å². The first-order valence-corrected chi connectivity index (χ1v) is 12.5. The summed E-state index contributed by atoms with van der Waals surface area (Å²) in [7, 11) is -3.79. The van der Waals surface area contributed by atoms with E-state index in [-0.39, 0.29) is 10.9 Å². The van der Waals surface area contributed by atoms with E-state index in [1.165, 1.54) is 3.97 Å². The first kappa shape index (κ1) is 22.9. The number of hydrogen-bond donors (Lipinski definition) is 2. The van der Waals surface area contributed by atoms with Gasteiger partial charge in [-0.25, -0.2) is 17.4 Å². The number of guanidine groups is 1. The number of para-hydroxylation sites is 1. The number of piperidine rings is 1. The van der Waals surface area contributed by atoms with Crippen LogP contribution in [0.5, 0.6) is 0 Å². The number of aromatic nitrogens is 1. The molecule has 1 aliphatic heterocycles. The van der Waals surface area contributed by atoms with E-state index in [2.05, 4.69) is 21.9 Å². The highest BCUT2D eigenvalue weighted by Gasteiger charge is 2.23. The first-order chi connectivity index (χ1) is 15.9. The summed E-state index contributed by atoms with van der Waals surface area (Å²) in [5.41, 5.74) is 8.58. The summed E-state index contributed by atoms with van der Waals surface area (Å²) in [6.45, 7) is 8.47. The Labute approximate surface area is 194 Å². The quantitative estimate of drug-likeness (QED) is 0.431. The molecule has 33 heavy (non-hydrogen) atoms. The molecule has 1 atom stereocenters. The molecule has 0 spiro atoms. The van der Waals surface area contributed by atoms with E-state index >= 15 is 0 Å². The number of fused-ring (bicyclic) bond motifs is 1. The molecule has 1 aliphatic rings. The van der Waals surface area contributed by atoms with Crippen molar-refractivity contribution in [3.8, 4) is 0 Å². The molecule has 0 aliphatic carbocycles. The van der Waals surface area contributed by atoms with Gasteiger partial charge in [-0.2, -0.15) is 0 Å². The molecule has 172 valence electrons. The number of hydrogen-bond acceptors (Lipinski definition) is 4. The van der Waals surface area contributed by atoms with Crippen molar-refractivity contribution in [1.82, 2.24) is 9.29 Å². The van der Waals surface area contributed by atoms with Gasteiger partial charge in [-0.15, -0.1) is 0 Å². The molecule has 1 aromatic heterocycles. The summed E-state index contributed by atoms with van der Waals surface area (Å²) in [5.74, 6) is 0.611. The molecule has 1 unspecified atom stereocenters. The van der Waals surface area contributed by atoms with Gasteiger partial charge in [0.05, 0.1) is 16.1 Å². The Morgan fingerprint density at radius 3 is 2.61 bits per heavy atom. The van der Waals surface area contributed by atoms with Crippen molar-refractivity contribution in [3.05, 3.63) is 78.5 Å². The molecular weight excluding hydrogens is 434 g/mol. The predicted molar refractivity (Wildman–Crippen MR) is 134 cm³/mol. The number of rotatable bonds is 6. The number of aliphatic imine (C=N–C) groups is 2. The van der Waals surface area contributed by atoms with Crippen LogP contribution in [0.3, 0.4) is 0 Å². The molecule has 0 amide bonds. The van der Waals surface area contributed by atoms with Gasteiger partial charge in [-0.05, 0) is 62.5 Å². The SMILES string of the molecule is C=C(C)C(=NC(N)=NCC1CCCNC1)c1cn(S(=O)(=O)c2ccccc2)c2ccccc12. The molecule has 4 rings (SSSR count). The number of nitrogens with zero attached hydrogens (tertiary/aromatic N) is 3. The lowest BCUT2D eigenvalue weighted by Gasteiger charge is -2.20. The molecular formula is C25H29N5O2S. The maximum Gasteiger partial charge on any atom is 0.268 e. The monoisotopic (exact) mass is 463 g/mol. The molecule has 7 nitrogen and oxygen atoms in total. The molecule has 0 radical (unpaired) electrons. The van der Waals surface area contributed by atoms with E-state index in [1.807, 2.05) is 25.1 Å². The molecule has 0 saturated carbocycles. The van der Waals surface area contributed by atoms with Crippen molar-refractivity contribution in [2.75, 3.05) is 19.6 Å². The average Bonchev–Trinajstić information content (AvgIpc) is 3.22. The largest absolute Gasteiger partial charge is 0.368 e. The lowest BCUT2D eigenvalue weighted by Crippen LogP contribution is -2.31. The second kappa shape index (κ2) is 9.72. The Hall–Kier alpha value is -3.23. The number of benzene rings is 2. The standard InChI is InChI=1S/C25H29N5O2S/c1-18(2)24(29-25(26)28-16-19-9-8-14-27-15-19)22-17-30(23-13-7-6-12-21(22)23)33(31,32)20-10-4-3-5-11-20/h3-7,10-13,17,19,27H,1,8-9,14-16H2,2H3,(H2,26,28). The number of allylic oxidation sites excluding steroid dienone is 1. The van der Waals surface area contributed by atoms with Crippen LogP contribution in [-0.2, 0) is 10.0 Å². The lowest BCUT2D eigenvalue weighted by molar-refractivity contribution is 0.386. The van der Waals surface area contributed by atoms with Gasteiger partial charge in [0.1, 0.15) is 0 Å². The summed E-state index contributed by atoms with van der Waals surface area (Å²) in [6, 6.07) is 15.7. The fourth-order valence-corrected chi connectivity index (χ4v) is 5.47. The predicted octanol–water partition coefficient (Wildman–Crippen LogP) is 3.56. The van der Waals surface area contributed by atoms with Gasteiger partial charge in [0.15, 0.2) is 0 Å². The van der Waals surface area contributed by atoms with Crippen LogP contribution in [-0.4, -0.2) is 43.7 Å². The molecule has 2 aromatic carbocycles. The van der Waals surface area contributed by atoms with Crippen molar-refractivity contribution in [2.24, 2.45) is 21.6 Å². The van der Waals surface area contributed by atoms with Crippen LogP contribution in [0.4, 0.5) is 0 Å². The summed E-state index contributed by atoms with van der Waals surface area (Å²) >= 11 is 0. The van der Waals surface area contributed by atoms with Gasteiger partial charge >= 0.3 is 0 Å². The van der Waals surface area contributed by atoms with Crippen LogP contribution >= 0.6 is 0 Å². The van der Waals surface area contributed by atoms with Gasteiger partial charge in [0, 0.05) is 23.7 Å². The van der Waals surface area contributed by atoms with E-state index in [4.69, 9.17) is 5.73 Å². The van der Waals surface area contributed by atoms with Crippen LogP contribution in [0.1, 0.15) is 25.3 Å². The summed E-state index contributed by atoms with van der Waals surface area (Å²) < 4.78 is 28.1. The fourth-order valence-electron chi connectivity index (χ4n) is 4.08. The van der Waals surface area contributed by atoms with Gasteiger partial charge < -0.3 is 11.1 Å². The molecule has 3 aromatic rings. The smallest absolute Gasteiger partial charge is 0.268 e. The minimum absolute atomic E-state index is 0.168. The Kier molecular flexibility index (Phi) is 6.76. The third kappa shape index (κ3) is 4.91. The fraction of sp³-hybridized carbons (Fsp3) is 0.280. The molecule has 1 fully saturated rings. The third-order valence-corrected chi connectivity index (χ3v) is 7.46. The van der Waals surface area contributed by atoms with Crippen molar-refractivity contribution in [1.29, 1.82) is 0 Å². The molecule has 0 bridgehead atoms. The summed E-state index contributed by atoms with van der Waals surface area (Å²) in [4.78, 5) is 9.26. The average molecular weight is 464 g/mol. The van der Waals surface area contributed by atoms with E-state index in [9.17, 15) is 8.42 Å². The van der Waals surface area contributed by atoms with E-state index in [0.717, 1.165) is 31.3 Å². The lowest BCUT2D eigenvalue weighted by atomic mass is 10.0. The van der Waals surface area contributed by atoms with Gasteiger partial charge in [0.25, 0.3) is 10.0 Å². The van der Waals surface area contributed by atoms with Crippen molar-refractivity contribution < 1.29 is 8.42 Å². The minimum atomic E-state index is -3.79. The Balaban J connectivity index is 1.77. The number of nitrogens with one attached hydrogen (secondary N) is 1. The summed E-state index contributed by atoms with van der Waals surface area (Å²) in [6.07, 6.45) is 3.85. The first-order valence-electron chi connectivity index (χ1n) is 11.0. The topological polar surface area (TPSA) is 102 Å². The maximum absolute atomic E-state index is 13.4.